The molecule has 0 unspecified atom stereocenters. The van der Waals surface area contributed by atoms with E-state index in [1.807, 2.05) is 18.3 Å². The highest BCUT2D eigenvalue weighted by Crippen LogP contribution is 2.29. The van der Waals surface area contributed by atoms with Crippen LogP contribution in [0.1, 0.15) is 46.4 Å². The van der Waals surface area contributed by atoms with Gasteiger partial charge in [0.25, 0.3) is 5.91 Å². The van der Waals surface area contributed by atoms with Crippen LogP contribution < -0.4 is 5.32 Å². The van der Waals surface area contributed by atoms with Gasteiger partial charge in [0.2, 0.25) is 5.76 Å². The zero-order chi connectivity index (χ0) is 17.2. The molecule has 7 nitrogen and oxygen atoms in total. The van der Waals surface area contributed by atoms with Crippen LogP contribution in [0.3, 0.4) is 0 Å². The van der Waals surface area contributed by atoms with Crippen molar-refractivity contribution in [1.29, 1.82) is 0 Å². The van der Waals surface area contributed by atoms with Crippen molar-refractivity contribution < 1.29 is 9.32 Å². The Balaban J connectivity index is 1.59. The SMILES string of the molecule is Cc1cc(C(=O)N[C@H]2CCCc3nc(-c4ccncc4)ncc32)on1. The van der Waals surface area contributed by atoms with Crippen LogP contribution in [0.15, 0.2) is 41.3 Å². The van der Waals surface area contributed by atoms with Gasteiger partial charge in [0, 0.05) is 41.5 Å². The first-order chi connectivity index (χ1) is 12.2. The van der Waals surface area contributed by atoms with Crippen molar-refractivity contribution in [3.8, 4) is 11.4 Å². The van der Waals surface area contributed by atoms with Crippen molar-refractivity contribution in [2.24, 2.45) is 0 Å². The largest absolute Gasteiger partial charge is 0.351 e. The minimum absolute atomic E-state index is 0.117. The molecule has 0 radical (unpaired) electrons. The first-order valence-corrected chi connectivity index (χ1v) is 8.21. The van der Waals surface area contributed by atoms with Gasteiger partial charge in [-0.1, -0.05) is 5.16 Å². The third-order valence-corrected chi connectivity index (χ3v) is 4.28. The van der Waals surface area contributed by atoms with E-state index in [1.165, 1.54) is 0 Å². The molecule has 4 rings (SSSR count). The number of carbonyl (C=O) groups is 1. The van der Waals surface area contributed by atoms with E-state index >= 15 is 0 Å². The topological polar surface area (TPSA) is 93.8 Å². The van der Waals surface area contributed by atoms with E-state index in [0.29, 0.717) is 11.5 Å². The molecule has 25 heavy (non-hydrogen) atoms. The molecule has 0 spiro atoms. The average molecular weight is 335 g/mol. The first-order valence-electron chi connectivity index (χ1n) is 8.21. The Morgan fingerprint density at radius 2 is 2.16 bits per heavy atom. The van der Waals surface area contributed by atoms with E-state index in [0.717, 1.165) is 36.1 Å². The normalized spacial score (nSPS) is 16.3. The predicted octanol–water partition coefficient (Wildman–Crippen LogP) is 2.64. The van der Waals surface area contributed by atoms with Gasteiger partial charge in [-0.25, -0.2) is 9.97 Å². The second-order valence-electron chi connectivity index (χ2n) is 6.08. The molecule has 0 aromatic carbocycles. The number of carbonyl (C=O) groups excluding carboxylic acids is 1. The molecule has 1 aliphatic rings. The Hall–Kier alpha value is -3.09. The number of rotatable bonds is 3. The lowest BCUT2D eigenvalue weighted by Gasteiger charge is -2.25. The molecule has 1 atom stereocenters. The number of aromatic nitrogens is 4. The summed E-state index contributed by atoms with van der Waals surface area (Å²) in [6, 6.07) is 5.28. The third kappa shape index (κ3) is 3.13. The minimum atomic E-state index is -0.267. The maximum Gasteiger partial charge on any atom is 0.290 e. The number of hydrogen-bond donors (Lipinski definition) is 1. The first kappa shape index (κ1) is 15.4. The Morgan fingerprint density at radius 3 is 2.92 bits per heavy atom. The third-order valence-electron chi connectivity index (χ3n) is 4.28. The van der Waals surface area contributed by atoms with Crippen LogP contribution in [-0.2, 0) is 6.42 Å². The number of amides is 1. The second kappa shape index (κ2) is 6.43. The molecule has 1 N–H and O–H groups in total. The predicted molar refractivity (Wildman–Crippen MR) is 89.6 cm³/mol. The molecule has 1 aliphatic carbocycles. The van der Waals surface area contributed by atoms with E-state index in [1.54, 1.807) is 25.4 Å². The van der Waals surface area contributed by atoms with Gasteiger partial charge in [-0.05, 0) is 38.3 Å². The molecule has 126 valence electrons. The Bertz CT molecular complexity index is 907. The van der Waals surface area contributed by atoms with Crippen molar-refractivity contribution >= 4 is 5.91 Å². The van der Waals surface area contributed by atoms with E-state index in [-0.39, 0.29) is 17.7 Å². The van der Waals surface area contributed by atoms with Crippen molar-refractivity contribution in [3.05, 3.63) is 59.5 Å². The standard InChI is InChI=1S/C18H17N5O2/c1-11-9-16(25-23-11)18(24)22-15-4-2-3-14-13(15)10-20-17(21-14)12-5-7-19-8-6-12/h5-10,15H,2-4H2,1H3,(H,22,24)/t15-/m0/s1. The quantitative estimate of drug-likeness (QED) is 0.791. The summed E-state index contributed by atoms with van der Waals surface area (Å²) < 4.78 is 5.03. The van der Waals surface area contributed by atoms with Gasteiger partial charge in [-0.15, -0.1) is 0 Å². The lowest BCUT2D eigenvalue weighted by Crippen LogP contribution is -2.31. The fourth-order valence-electron chi connectivity index (χ4n) is 3.04. The Kier molecular flexibility index (Phi) is 3.97. The van der Waals surface area contributed by atoms with Crippen LogP contribution in [0.4, 0.5) is 0 Å². The second-order valence-corrected chi connectivity index (χ2v) is 6.08. The summed E-state index contributed by atoms with van der Waals surface area (Å²) in [5, 5.41) is 6.76. The maximum absolute atomic E-state index is 12.3. The van der Waals surface area contributed by atoms with Gasteiger partial charge in [0.15, 0.2) is 5.82 Å². The highest BCUT2D eigenvalue weighted by molar-refractivity contribution is 5.91. The van der Waals surface area contributed by atoms with Crippen LogP contribution in [0.5, 0.6) is 0 Å². The average Bonchev–Trinajstić information content (AvgIpc) is 3.09. The molecule has 0 fully saturated rings. The molecule has 0 bridgehead atoms. The summed E-state index contributed by atoms with van der Waals surface area (Å²) in [4.78, 5) is 25.5. The van der Waals surface area contributed by atoms with Crippen molar-refractivity contribution in [2.45, 2.75) is 32.2 Å². The van der Waals surface area contributed by atoms with E-state index in [2.05, 4.69) is 20.4 Å². The van der Waals surface area contributed by atoms with Crippen LogP contribution in [-0.4, -0.2) is 26.0 Å². The van der Waals surface area contributed by atoms with Crippen LogP contribution in [0.25, 0.3) is 11.4 Å². The molecule has 0 saturated carbocycles. The van der Waals surface area contributed by atoms with Crippen LogP contribution >= 0.6 is 0 Å². The number of pyridine rings is 1. The fraction of sp³-hybridized carbons (Fsp3) is 0.278. The van der Waals surface area contributed by atoms with E-state index in [4.69, 9.17) is 9.51 Å². The summed E-state index contributed by atoms with van der Waals surface area (Å²) in [5.41, 5.74) is 3.56. The van der Waals surface area contributed by atoms with Crippen LogP contribution in [0, 0.1) is 6.92 Å². The van der Waals surface area contributed by atoms with Gasteiger partial charge in [0.05, 0.1) is 11.7 Å². The highest BCUT2D eigenvalue weighted by Gasteiger charge is 2.25. The summed E-state index contributed by atoms with van der Waals surface area (Å²) in [6.07, 6.45) is 7.95. The molecule has 7 heteroatoms. The molecular formula is C18H17N5O2. The molecule has 0 aliphatic heterocycles. The fourth-order valence-corrected chi connectivity index (χ4v) is 3.04. The van der Waals surface area contributed by atoms with Gasteiger partial charge in [-0.2, -0.15) is 0 Å². The molecular weight excluding hydrogens is 318 g/mol. The van der Waals surface area contributed by atoms with Gasteiger partial charge >= 0.3 is 0 Å². The van der Waals surface area contributed by atoms with Crippen molar-refractivity contribution in [2.75, 3.05) is 0 Å². The van der Waals surface area contributed by atoms with Gasteiger partial charge in [0.1, 0.15) is 0 Å². The number of fused-ring (bicyclic) bond motifs is 1. The Morgan fingerprint density at radius 1 is 1.32 bits per heavy atom. The highest BCUT2D eigenvalue weighted by atomic mass is 16.5. The monoisotopic (exact) mass is 335 g/mol. The molecule has 3 heterocycles. The summed E-state index contributed by atoms with van der Waals surface area (Å²) in [5.74, 6) is 0.634. The van der Waals surface area contributed by atoms with Crippen molar-refractivity contribution in [3.63, 3.8) is 0 Å². The molecule has 3 aromatic rings. The zero-order valence-electron chi connectivity index (χ0n) is 13.8. The minimum Gasteiger partial charge on any atom is -0.351 e. The molecule has 0 saturated heterocycles. The zero-order valence-corrected chi connectivity index (χ0v) is 13.8. The number of aryl methyl sites for hydroxylation is 2. The molecule has 1 amide bonds. The van der Waals surface area contributed by atoms with Gasteiger partial charge in [-0.3, -0.25) is 9.78 Å². The smallest absolute Gasteiger partial charge is 0.290 e. The number of nitrogens with zero attached hydrogens (tertiary/aromatic N) is 4. The number of nitrogens with one attached hydrogen (secondary N) is 1. The Labute approximate surface area is 144 Å². The lowest BCUT2D eigenvalue weighted by molar-refractivity contribution is 0.0895. The maximum atomic E-state index is 12.3. The van der Waals surface area contributed by atoms with E-state index in [9.17, 15) is 4.79 Å². The van der Waals surface area contributed by atoms with Crippen molar-refractivity contribution in [1.82, 2.24) is 25.4 Å². The van der Waals surface area contributed by atoms with Crippen LogP contribution in [0.2, 0.25) is 0 Å². The van der Waals surface area contributed by atoms with Gasteiger partial charge < -0.3 is 9.84 Å². The summed E-state index contributed by atoms with van der Waals surface area (Å²) in [6.45, 7) is 1.78. The lowest BCUT2D eigenvalue weighted by atomic mass is 9.92. The molecule has 3 aromatic heterocycles. The summed E-state index contributed by atoms with van der Waals surface area (Å²) >= 11 is 0. The van der Waals surface area contributed by atoms with E-state index < -0.39 is 0 Å². The summed E-state index contributed by atoms with van der Waals surface area (Å²) in [7, 11) is 0. The number of hydrogen-bond acceptors (Lipinski definition) is 6.